The van der Waals surface area contributed by atoms with E-state index in [9.17, 15) is 4.79 Å². The van der Waals surface area contributed by atoms with Crippen molar-refractivity contribution in [2.24, 2.45) is 5.92 Å². The van der Waals surface area contributed by atoms with Crippen molar-refractivity contribution in [3.8, 4) is 0 Å². The third-order valence-electron chi connectivity index (χ3n) is 3.77. The smallest absolute Gasteiger partial charge is 0.293 e. The number of anilines is 1. The lowest BCUT2D eigenvalue weighted by atomic mass is 9.97. The van der Waals surface area contributed by atoms with Gasteiger partial charge in [-0.25, -0.2) is 4.98 Å². The highest BCUT2D eigenvalue weighted by Crippen LogP contribution is 2.18. The summed E-state index contributed by atoms with van der Waals surface area (Å²) in [5.74, 6) is 1.35. The van der Waals surface area contributed by atoms with Gasteiger partial charge in [0.2, 0.25) is 0 Å². The Balaban J connectivity index is 2.07. The lowest BCUT2D eigenvalue weighted by Crippen LogP contribution is -2.40. The summed E-state index contributed by atoms with van der Waals surface area (Å²) >= 11 is 0. The minimum Gasteiger partial charge on any atom is -0.352 e. The first-order valence-corrected chi connectivity index (χ1v) is 7.21. The van der Waals surface area contributed by atoms with E-state index >= 15 is 0 Å². The highest BCUT2D eigenvalue weighted by molar-refractivity contribution is 5.36. The molecule has 1 N–H and O–H groups in total. The molecule has 0 aliphatic carbocycles. The predicted molar refractivity (Wildman–Crippen MR) is 77.7 cm³/mol. The van der Waals surface area contributed by atoms with Gasteiger partial charge >= 0.3 is 0 Å². The zero-order chi connectivity index (χ0) is 13.7. The molecule has 5 heteroatoms. The van der Waals surface area contributed by atoms with Crippen LogP contribution in [-0.4, -0.2) is 36.2 Å². The number of piperidine rings is 1. The zero-order valence-electron chi connectivity index (χ0n) is 11.9. The van der Waals surface area contributed by atoms with Crippen molar-refractivity contribution in [1.82, 2.24) is 14.9 Å². The fourth-order valence-electron chi connectivity index (χ4n) is 2.71. The average molecular weight is 264 g/mol. The Morgan fingerprint density at radius 3 is 2.79 bits per heavy atom. The van der Waals surface area contributed by atoms with E-state index in [0.717, 1.165) is 51.4 Å². The van der Waals surface area contributed by atoms with Crippen LogP contribution < -0.4 is 15.8 Å². The van der Waals surface area contributed by atoms with Crippen molar-refractivity contribution in [3.63, 3.8) is 0 Å². The number of hydrogen-bond acceptors (Lipinski definition) is 4. The lowest BCUT2D eigenvalue weighted by Gasteiger charge is -2.32. The Morgan fingerprint density at radius 2 is 2.16 bits per heavy atom. The monoisotopic (exact) mass is 264 g/mol. The summed E-state index contributed by atoms with van der Waals surface area (Å²) in [6, 6.07) is 0. The van der Waals surface area contributed by atoms with E-state index in [1.807, 2.05) is 7.05 Å². The first-order chi connectivity index (χ1) is 9.26. The molecule has 19 heavy (non-hydrogen) atoms. The van der Waals surface area contributed by atoms with Gasteiger partial charge < -0.3 is 14.8 Å². The summed E-state index contributed by atoms with van der Waals surface area (Å²) < 4.78 is 1.77. The molecule has 1 aromatic rings. The summed E-state index contributed by atoms with van der Waals surface area (Å²) in [5.41, 5.74) is 0.0522. The van der Waals surface area contributed by atoms with Crippen LogP contribution in [0.2, 0.25) is 0 Å². The molecule has 1 fully saturated rings. The molecule has 0 aromatic carbocycles. The van der Waals surface area contributed by atoms with Gasteiger partial charge in [-0.3, -0.25) is 4.79 Å². The molecule has 1 aliphatic rings. The average Bonchev–Trinajstić information content (AvgIpc) is 2.43. The van der Waals surface area contributed by atoms with E-state index in [1.165, 1.54) is 0 Å². The summed E-state index contributed by atoms with van der Waals surface area (Å²) in [7, 11) is 1.99. The maximum absolute atomic E-state index is 12.3. The molecular formula is C14H24N4O. The molecule has 0 radical (unpaired) electrons. The zero-order valence-corrected chi connectivity index (χ0v) is 11.9. The van der Waals surface area contributed by atoms with Gasteiger partial charge in [-0.1, -0.05) is 6.92 Å². The van der Waals surface area contributed by atoms with Crippen LogP contribution in [0.3, 0.4) is 0 Å². The Kier molecular flexibility index (Phi) is 4.96. The third-order valence-corrected chi connectivity index (χ3v) is 3.77. The SMILES string of the molecule is CCCn1ccnc(N2CCC(CNC)CC2)c1=O. The maximum Gasteiger partial charge on any atom is 0.293 e. The van der Waals surface area contributed by atoms with Gasteiger partial charge in [0.05, 0.1) is 0 Å². The summed E-state index contributed by atoms with van der Waals surface area (Å²) in [6.07, 6.45) is 6.75. The molecule has 0 spiro atoms. The molecular weight excluding hydrogens is 240 g/mol. The van der Waals surface area contributed by atoms with E-state index in [4.69, 9.17) is 0 Å². The second-order valence-corrected chi connectivity index (χ2v) is 5.24. The Bertz CT molecular complexity index is 449. The number of nitrogens with one attached hydrogen (secondary N) is 1. The van der Waals surface area contributed by atoms with Crippen LogP contribution in [0.4, 0.5) is 5.82 Å². The fourth-order valence-corrected chi connectivity index (χ4v) is 2.71. The molecule has 1 aromatic heterocycles. The summed E-state index contributed by atoms with van der Waals surface area (Å²) in [6.45, 7) is 5.78. The molecule has 1 aliphatic heterocycles. The molecule has 106 valence electrons. The molecule has 0 amide bonds. The van der Waals surface area contributed by atoms with Gasteiger partial charge in [0, 0.05) is 32.0 Å². The van der Waals surface area contributed by atoms with Crippen molar-refractivity contribution in [3.05, 3.63) is 22.7 Å². The second-order valence-electron chi connectivity index (χ2n) is 5.24. The summed E-state index contributed by atoms with van der Waals surface area (Å²) in [5, 5.41) is 3.23. The van der Waals surface area contributed by atoms with Crippen molar-refractivity contribution in [2.45, 2.75) is 32.7 Å². The van der Waals surface area contributed by atoms with Crippen LogP contribution in [0.15, 0.2) is 17.2 Å². The van der Waals surface area contributed by atoms with Crippen LogP contribution in [-0.2, 0) is 6.54 Å². The molecule has 0 unspecified atom stereocenters. The predicted octanol–water partition coefficient (Wildman–Crippen LogP) is 1.09. The van der Waals surface area contributed by atoms with Crippen LogP contribution in [0.25, 0.3) is 0 Å². The van der Waals surface area contributed by atoms with Crippen molar-refractivity contribution >= 4 is 5.82 Å². The van der Waals surface area contributed by atoms with E-state index in [0.29, 0.717) is 5.82 Å². The first kappa shape index (κ1) is 14.1. The van der Waals surface area contributed by atoms with Gasteiger partial charge in [-0.15, -0.1) is 0 Å². The number of hydrogen-bond donors (Lipinski definition) is 1. The topological polar surface area (TPSA) is 50.2 Å². The van der Waals surface area contributed by atoms with Crippen molar-refractivity contribution in [1.29, 1.82) is 0 Å². The molecule has 0 bridgehead atoms. The quantitative estimate of drug-likeness (QED) is 0.865. The Labute approximate surface area is 114 Å². The fraction of sp³-hybridized carbons (Fsp3) is 0.714. The van der Waals surface area contributed by atoms with E-state index in [2.05, 4.69) is 22.1 Å². The highest BCUT2D eigenvalue weighted by atomic mass is 16.1. The van der Waals surface area contributed by atoms with E-state index in [-0.39, 0.29) is 5.56 Å². The second kappa shape index (κ2) is 6.70. The van der Waals surface area contributed by atoms with Gasteiger partial charge in [0.25, 0.3) is 5.56 Å². The van der Waals surface area contributed by atoms with Crippen LogP contribution in [0, 0.1) is 5.92 Å². The number of rotatable bonds is 5. The number of aromatic nitrogens is 2. The van der Waals surface area contributed by atoms with Crippen LogP contribution in [0.1, 0.15) is 26.2 Å². The van der Waals surface area contributed by atoms with Gasteiger partial charge in [-0.2, -0.15) is 0 Å². The van der Waals surface area contributed by atoms with Crippen molar-refractivity contribution in [2.75, 3.05) is 31.6 Å². The van der Waals surface area contributed by atoms with Gasteiger partial charge in [0.15, 0.2) is 5.82 Å². The number of aryl methyl sites for hydroxylation is 1. The Hall–Kier alpha value is -1.36. The summed E-state index contributed by atoms with van der Waals surface area (Å²) in [4.78, 5) is 18.7. The largest absolute Gasteiger partial charge is 0.352 e. The van der Waals surface area contributed by atoms with Crippen LogP contribution >= 0.6 is 0 Å². The standard InChI is InChI=1S/C14H24N4O/c1-3-7-18-10-6-16-13(14(18)19)17-8-4-12(5-9-17)11-15-2/h6,10,12,15H,3-5,7-9,11H2,1-2H3. The minimum absolute atomic E-state index is 0.0522. The van der Waals surface area contributed by atoms with E-state index < -0.39 is 0 Å². The van der Waals surface area contributed by atoms with Crippen LogP contribution in [0.5, 0.6) is 0 Å². The van der Waals surface area contributed by atoms with E-state index in [1.54, 1.807) is 17.0 Å². The van der Waals surface area contributed by atoms with Gasteiger partial charge in [0.1, 0.15) is 0 Å². The van der Waals surface area contributed by atoms with Crippen molar-refractivity contribution < 1.29 is 0 Å². The molecule has 5 nitrogen and oxygen atoms in total. The maximum atomic E-state index is 12.3. The minimum atomic E-state index is 0.0522. The Morgan fingerprint density at radius 1 is 1.42 bits per heavy atom. The molecule has 2 rings (SSSR count). The molecule has 2 heterocycles. The molecule has 0 atom stereocenters. The third kappa shape index (κ3) is 3.35. The number of nitrogens with zero attached hydrogens (tertiary/aromatic N) is 3. The molecule has 1 saturated heterocycles. The molecule has 0 saturated carbocycles. The lowest BCUT2D eigenvalue weighted by molar-refractivity contribution is 0.391. The normalized spacial score (nSPS) is 16.8. The van der Waals surface area contributed by atoms with Gasteiger partial charge in [-0.05, 0) is 38.8 Å². The highest BCUT2D eigenvalue weighted by Gasteiger charge is 2.21. The first-order valence-electron chi connectivity index (χ1n) is 7.21.